The van der Waals surface area contributed by atoms with E-state index in [-0.39, 0.29) is 12.5 Å². The summed E-state index contributed by atoms with van der Waals surface area (Å²) in [5, 5.41) is 20.5. The zero-order valence-electron chi connectivity index (χ0n) is 14.2. The molecule has 2 unspecified atom stereocenters. The summed E-state index contributed by atoms with van der Waals surface area (Å²) in [5.74, 6) is 0.808. The highest BCUT2D eigenvalue weighted by Gasteiger charge is 2.23. The number of benzene rings is 1. The lowest BCUT2D eigenvalue weighted by Gasteiger charge is -2.26. The first-order chi connectivity index (χ1) is 12.2. The maximum atomic E-state index is 11.3. The number of nitrogens with two attached hydrogens (primary N) is 1. The van der Waals surface area contributed by atoms with Crippen LogP contribution in [0.25, 0.3) is 0 Å². The Morgan fingerprint density at radius 2 is 2.24 bits per heavy atom. The van der Waals surface area contributed by atoms with Crippen molar-refractivity contribution in [3.8, 4) is 0 Å². The largest absolute Gasteiger partial charge is 0.396 e. The number of aliphatic hydroxyl groups is 1. The van der Waals surface area contributed by atoms with E-state index < -0.39 is 5.91 Å². The van der Waals surface area contributed by atoms with Gasteiger partial charge in [-0.05, 0) is 17.9 Å². The Hall–Kier alpha value is -2.38. The highest BCUT2D eigenvalue weighted by Crippen LogP contribution is 2.21. The Kier molecular flexibility index (Phi) is 5.67. The number of rotatable bonds is 8. The lowest BCUT2D eigenvalue weighted by Crippen LogP contribution is -2.38. The topological polar surface area (TPSA) is 105 Å². The Labute approximate surface area is 147 Å². The van der Waals surface area contributed by atoms with Gasteiger partial charge in [0.25, 0.3) is 5.91 Å². The third-order valence-electron chi connectivity index (χ3n) is 4.59. The normalized spacial score (nSPS) is 17.6. The first-order valence-electron chi connectivity index (χ1n) is 8.62. The number of fused-ring (bicyclic) bond motifs is 1. The maximum absolute atomic E-state index is 11.3. The number of aromatic nitrogens is 2. The number of primary amides is 1. The molecule has 2 heterocycles. The van der Waals surface area contributed by atoms with Gasteiger partial charge in [0, 0.05) is 38.7 Å². The molecule has 3 rings (SSSR count). The second-order valence-electron chi connectivity index (χ2n) is 6.60. The number of nitrogens with zero attached hydrogens (tertiary/aromatic N) is 2. The number of aliphatic hydroxyl groups excluding tert-OH is 1. The van der Waals surface area contributed by atoms with Gasteiger partial charge in [0.05, 0.1) is 6.20 Å². The summed E-state index contributed by atoms with van der Waals surface area (Å²) in [7, 11) is 0. The van der Waals surface area contributed by atoms with Crippen molar-refractivity contribution in [2.45, 2.75) is 13.0 Å². The first-order valence-corrected chi connectivity index (χ1v) is 8.62. The molecule has 0 radical (unpaired) electrons. The second-order valence-corrected chi connectivity index (χ2v) is 6.60. The summed E-state index contributed by atoms with van der Waals surface area (Å²) in [6.45, 7) is 3.26. The summed E-state index contributed by atoms with van der Waals surface area (Å²) in [4.78, 5) is 11.3. The minimum absolute atomic E-state index is 0.163. The van der Waals surface area contributed by atoms with Gasteiger partial charge >= 0.3 is 0 Å². The Morgan fingerprint density at radius 1 is 1.44 bits per heavy atom. The van der Waals surface area contributed by atoms with Crippen molar-refractivity contribution in [3.05, 3.63) is 47.7 Å². The molecule has 7 nitrogen and oxygen atoms in total. The van der Waals surface area contributed by atoms with Crippen LogP contribution in [0.3, 0.4) is 0 Å². The maximum Gasteiger partial charge on any atom is 0.254 e. The third-order valence-corrected chi connectivity index (χ3v) is 4.59. The van der Waals surface area contributed by atoms with Crippen molar-refractivity contribution in [2.24, 2.45) is 17.6 Å². The molecule has 7 heteroatoms. The molecule has 1 aliphatic rings. The quantitative estimate of drug-likeness (QED) is 0.557. The fraction of sp³-hybridized carbons (Fsp3) is 0.444. The van der Waals surface area contributed by atoms with Crippen LogP contribution in [-0.2, 0) is 13.0 Å². The van der Waals surface area contributed by atoms with Gasteiger partial charge < -0.3 is 21.5 Å². The molecule has 2 atom stereocenters. The minimum Gasteiger partial charge on any atom is -0.396 e. The third kappa shape index (κ3) is 4.37. The van der Waals surface area contributed by atoms with Crippen molar-refractivity contribution in [1.29, 1.82) is 0 Å². The van der Waals surface area contributed by atoms with Gasteiger partial charge in [-0.3, -0.25) is 4.79 Å². The number of carbonyl (C=O) groups excluding carboxylic acids is 1. The smallest absolute Gasteiger partial charge is 0.254 e. The molecular weight excluding hydrogens is 318 g/mol. The molecule has 1 aromatic heterocycles. The van der Waals surface area contributed by atoms with Crippen LogP contribution in [0.1, 0.15) is 15.9 Å². The number of anilines is 1. The van der Waals surface area contributed by atoms with Gasteiger partial charge in [0.1, 0.15) is 11.4 Å². The summed E-state index contributed by atoms with van der Waals surface area (Å²) in [6.07, 6.45) is 2.38. The van der Waals surface area contributed by atoms with E-state index in [1.165, 1.54) is 11.8 Å². The van der Waals surface area contributed by atoms with Gasteiger partial charge in [-0.25, -0.2) is 4.68 Å². The number of nitrogens with one attached hydrogen (secondary N) is 2. The van der Waals surface area contributed by atoms with E-state index in [1.807, 2.05) is 18.2 Å². The van der Waals surface area contributed by atoms with Gasteiger partial charge in [0.15, 0.2) is 0 Å². The first kappa shape index (κ1) is 17.4. The van der Waals surface area contributed by atoms with Crippen LogP contribution in [0.2, 0.25) is 0 Å². The van der Waals surface area contributed by atoms with Crippen LogP contribution in [0.15, 0.2) is 36.5 Å². The fourth-order valence-electron chi connectivity index (χ4n) is 3.22. The molecule has 0 saturated carbocycles. The number of hydrogen-bond acceptors (Lipinski definition) is 5. The summed E-state index contributed by atoms with van der Waals surface area (Å²) in [5.41, 5.74) is 7.02. The summed E-state index contributed by atoms with van der Waals surface area (Å²) < 4.78 is 1.80. The zero-order valence-corrected chi connectivity index (χ0v) is 14.2. The van der Waals surface area contributed by atoms with E-state index in [9.17, 15) is 9.90 Å². The number of hydrogen-bond donors (Lipinski definition) is 4. The lowest BCUT2D eigenvalue weighted by atomic mass is 9.99. The Bertz CT molecular complexity index is 701. The van der Waals surface area contributed by atoms with Gasteiger partial charge in [-0.2, -0.15) is 5.10 Å². The van der Waals surface area contributed by atoms with E-state index in [2.05, 4.69) is 27.9 Å². The Morgan fingerprint density at radius 3 is 2.96 bits per heavy atom. The van der Waals surface area contributed by atoms with Crippen LogP contribution in [0.5, 0.6) is 0 Å². The molecule has 134 valence electrons. The van der Waals surface area contributed by atoms with Crippen molar-refractivity contribution in [2.75, 3.05) is 31.6 Å². The van der Waals surface area contributed by atoms with Gasteiger partial charge in [-0.15, -0.1) is 0 Å². The monoisotopic (exact) mass is 343 g/mol. The Balaban J connectivity index is 1.46. The average Bonchev–Trinajstić information content (AvgIpc) is 3.05. The highest BCUT2D eigenvalue weighted by atomic mass is 16.3. The zero-order chi connectivity index (χ0) is 17.6. The average molecular weight is 343 g/mol. The van der Waals surface area contributed by atoms with E-state index in [0.717, 1.165) is 32.6 Å². The summed E-state index contributed by atoms with van der Waals surface area (Å²) in [6, 6.07) is 10.2. The van der Waals surface area contributed by atoms with E-state index in [0.29, 0.717) is 17.3 Å². The number of carbonyl (C=O) groups is 1. The minimum atomic E-state index is -0.461. The molecule has 0 spiro atoms. The van der Waals surface area contributed by atoms with Crippen LogP contribution < -0.4 is 16.4 Å². The second kappa shape index (κ2) is 8.13. The molecule has 0 bridgehead atoms. The molecule has 1 aromatic carbocycles. The van der Waals surface area contributed by atoms with E-state index in [1.54, 1.807) is 4.68 Å². The molecule has 0 aliphatic carbocycles. The molecule has 2 aromatic rings. The van der Waals surface area contributed by atoms with Crippen molar-refractivity contribution in [1.82, 2.24) is 15.1 Å². The molecule has 0 saturated heterocycles. The summed E-state index contributed by atoms with van der Waals surface area (Å²) >= 11 is 0. The molecule has 25 heavy (non-hydrogen) atoms. The molecule has 1 aliphatic heterocycles. The van der Waals surface area contributed by atoms with Gasteiger partial charge in [0.2, 0.25) is 0 Å². The molecule has 1 amide bonds. The fourth-order valence-corrected chi connectivity index (χ4v) is 3.22. The van der Waals surface area contributed by atoms with E-state index in [4.69, 9.17) is 5.73 Å². The molecule has 0 fully saturated rings. The predicted octanol–water partition coefficient (Wildman–Crippen LogP) is 0.464. The van der Waals surface area contributed by atoms with Gasteiger partial charge in [-0.1, -0.05) is 30.3 Å². The lowest BCUT2D eigenvalue weighted by molar-refractivity contribution is 0.100. The van der Waals surface area contributed by atoms with Crippen molar-refractivity contribution >= 4 is 11.7 Å². The SMILES string of the molecule is NC(=O)c1cnn2c1NCC(CNCC(CO)Cc1ccccc1)C2. The number of amides is 1. The van der Waals surface area contributed by atoms with Crippen molar-refractivity contribution in [3.63, 3.8) is 0 Å². The predicted molar refractivity (Wildman–Crippen MR) is 96.3 cm³/mol. The van der Waals surface area contributed by atoms with Crippen LogP contribution in [0, 0.1) is 11.8 Å². The van der Waals surface area contributed by atoms with Crippen LogP contribution in [0.4, 0.5) is 5.82 Å². The van der Waals surface area contributed by atoms with E-state index >= 15 is 0 Å². The standard InChI is InChI=1S/C18H25N5O2/c19-17(25)16-10-22-23-11-15(9-21-18(16)23)8-20-7-14(12-24)6-13-4-2-1-3-5-13/h1-5,10,14-15,20-21,24H,6-9,11-12H2,(H2,19,25). The molecular formula is C18H25N5O2. The highest BCUT2D eigenvalue weighted by molar-refractivity contribution is 5.97. The van der Waals surface area contributed by atoms with Crippen molar-refractivity contribution < 1.29 is 9.90 Å². The molecule has 5 N–H and O–H groups in total. The van der Waals surface area contributed by atoms with Crippen LogP contribution in [-0.4, -0.2) is 47.0 Å². The van der Waals surface area contributed by atoms with Crippen LogP contribution >= 0.6 is 0 Å².